The van der Waals surface area contributed by atoms with Crippen LogP contribution in [0.15, 0.2) is 18.2 Å². The predicted octanol–water partition coefficient (Wildman–Crippen LogP) is 3.78. The summed E-state index contributed by atoms with van der Waals surface area (Å²) in [5.41, 5.74) is 3.74. The summed E-state index contributed by atoms with van der Waals surface area (Å²) in [5.74, 6) is -1.36. The van der Waals surface area contributed by atoms with Crippen LogP contribution in [0.4, 0.5) is 23.2 Å². The third-order valence-corrected chi connectivity index (χ3v) is 5.03. The van der Waals surface area contributed by atoms with Crippen molar-refractivity contribution >= 4 is 11.7 Å². The van der Waals surface area contributed by atoms with Crippen LogP contribution in [0.5, 0.6) is 0 Å². The van der Waals surface area contributed by atoms with Crippen molar-refractivity contribution in [3.05, 3.63) is 29.6 Å². The molecular weight excluding hydrogens is 380 g/mol. The predicted molar refractivity (Wildman–Crippen MR) is 96.2 cm³/mol. The number of carboxylic acid groups (broad SMARTS) is 1. The van der Waals surface area contributed by atoms with E-state index in [-0.39, 0.29) is 11.7 Å². The number of piperidine rings is 1. The van der Waals surface area contributed by atoms with E-state index in [1.165, 1.54) is 0 Å². The van der Waals surface area contributed by atoms with Crippen LogP contribution in [0.2, 0.25) is 0 Å². The van der Waals surface area contributed by atoms with Gasteiger partial charge in [-0.2, -0.15) is 13.2 Å². The van der Waals surface area contributed by atoms with Crippen molar-refractivity contribution in [2.24, 2.45) is 5.92 Å². The molecule has 3 N–H and O–H groups in total. The Morgan fingerprint density at radius 2 is 1.89 bits per heavy atom. The van der Waals surface area contributed by atoms with Gasteiger partial charge in [0, 0.05) is 25.4 Å². The first-order chi connectivity index (χ1) is 13.2. The van der Waals surface area contributed by atoms with Crippen LogP contribution in [0, 0.1) is 11.7 Å². The molecule has 2 fully saturated rings. The van der Waals surface area contributed by atoms with Crippen molar-refractivity contribution in [2.45, 2.75) is 44.3 Å². The summed E-state index contributed by atoms with van der Waals surface area (Å²) in [6, 6.07) is 2.02. The molecule has 2 saturated heterocycles. The quantitative estimate of drug-likeness (QED) is 0.590. The number of nitrogens with two attached hydrogens (primary N) is 1. The van der Waals surface area contributed by atoms with Gasteiger partial charge in [-0.15, -0.1) is 0 Å². The molecule has 2 heterocycles. The van der Waals surface area contributed by atoms with Gasteiger partial charge in [-0.05, 0) is 56.3 Å². The van der Waals surface area contributed by atoms with Gasteiger partial charge in [0.25, 0.3) is 0 Å². The Morgan fingerprint density at radius 1 is 1.21 bits per heavy atom. The maximum atomic E-state index is 12.5. The van der Waals surface area contributed by atoms with Crippen LogP contribution in [0.3, 0.4) is 0 Å². The summed E-state index contributed by atoms with van der Waals surface area (Å²) in [5, 5.41) is 9.17. The summed E-state index contributed by atoms with van der Waals surface area (Å²) >= 11 is 0. The minimum atomic E-state index is -4.65. The molecule has 0 bridgehead atoms. The van der Waals surface area contributed by atoms with Gasteiger partial charge in [0.15, 0.2) is 0 Å². The minimum absolute atomic E-state index is 0.0273. The number of halogens is 4. The monoisotopic (exact) mass is 406 g/mol. The van der Waals surface area contributed by atoms with Crippen molar-refractivity contribution in [3.8, 4) is 0 Å². The molecule has 1 atom stereocenters. The molecule has 1 aromatic carbocycles. The van der Waals surface area contributed by atoms with E-state index in [1.807, 2.05) is 0 Å². The Labute approximate surface area is 161 Å². The zero-order chi connectivity index (χ0) is 20.7. The highest BCUT2D eigenvalue weighted by atomic mass is 19.4. The molecule has 0 amide bonds. The molecule has 0 radical (unpaired) electrons. The molecule has 5 nitrogen and oxygen atoms in total. The molecule has 9 heteroatoms. The van der Waals surface area contributed by atoms with Crippen LogP contribution in [-0.2, 0) is 15.7 Å². The highest BCUT2D eigenvalue weighted by Gasteiger charge is 2.33. The summed E-state index contributed by atoms with van der Waals surface area (Å²) in [7, 11) is 0. The fraction of sp³-hybridized carbons (Fsp3) is 0.632. The number of alkyl halides is 3. The lowest BCUT2D eigenvalue weighted by molar-refractivity contribution is -0.145. The SMILES string of the molecule is Nc1ccc(C(F)(F)F)c(F)c1.O=C(O)[C@@H]1CCCCN1CC1CCOCC1. The molecule has 28 heavy (non-hydrogen) atoms. The van der Waals surface area contributed by atoms with E-state index in [4.69, 9.17) is 10.5 Å². The van der Waals surface area contributed by atoms with Gasteiger partial charge < -0.3 is 15.6 Å². The zero-order valence-corrected chi connectivity index (χ0v) is 15.6. The number of anilines is 1. The lowest BCUT2D eigenvalue weighted by Gasteiger charge is -2.36. The number of carbonyl (C=O) groups is 1. The third-order valence-electron chi connectivity index (χ3n) is 5.03. The van der Waals surface area contributed by atoms with Gasteiger partial charge in [-0.1, -0.05) is 6.42 Å². The Hall–Kier alpha value is -1.87. The van der Waals surface area contributed by atoms with Gasteiger partial charge in [-0.3, -0.25) is 9.69 Å². The molecule has 1 aromatic rings. The van der Waals surface area contributed by atoms with E-state index in [0.717, 1.165) is 64.5 Å². The smallest absolute Gasteiger partial charge is 0.419 e. The number of carboxylic acids is 1. The maximum absolute atomic E-state index is 12.5. The summed E-state index contributed by atoms with van der Waals surface area (Å²) in [6.45, 7) is 3.58. The molecule has 0 saturated carbocycles. The normalized spacial score (nSPS) is 21.6. The van der Waals surface area contributed by atoms with Gasteiger partial charge in [-0.25, -0.2) is 4.39 Å². The first kappa shape index (κ1) is 22.4. The second-order valence-corrected chi connectivity index (χ2v) is 7.14. The highest BCUT2D eigenvalue weighted by molar-refractivity contribution is 5.73. The topological polar surface area (TPSA) is 75.8 Å². The average Bonchev–Trinajstić information content (AvgIpc) is 2.62. The third kappa shape index (κ3) is 6.63. The van der Waals surface area contributed by atoms with E-state index in [9.17, 15) is 27.5 Å². The van der Waals surface area contributed by atoms with Crippen molar-refractivity contribution in [1.29, 1.82) is 0 Å². The molecule has 0 aliphatic carbocycles. The Balaban J connectivity index is 0.000000209. The Morgan fingerprint density at radius 3 is 2.46 bits per heavy atom. The lowest BCUT2D eigenvalue weighted by atomic mass is 9.95. The molecule has 0 spiro atoms. The average molecular weight is 406 g/mol. The number of likely N-dealkylation sites (tertiary alicyclic amines) is 1. The molecule has 2 aliphatic heterocycles. The van der Waals surface area contributed by atoms with Gasteiger partial charge >= 0.3 is 12.1 Å². The van der Waals surface area contributed by atoms with Gasteiger partial charge in [0.1, 0.15) is 11.9 Å². The summed E-state index contributed by atoms with van der Waals surface area (Å²) < 4.78 is 53.6. The fourth-order valence-electron chi connectivity index (χ4n) is 3.51. The number of rotatable bonds is 3. The highest BCUT2D eigenvalue weighted by Crippen LogP contribution is 2.31. The van der Waals surface area contributed by atoms with Gasteiger partial charge in [0.2, 0.25) is 0 Å². The van der Waals surface area contributed by atoms with E-state index >= 15 is 0 Å². The first-order valence-corrected chi connectivity index (χ1v) is 9.35. The Bertz CT molecular complexity index is 649. The van der Waals surface area contributed by atoms with Crippen LogP contribution in [0.25, 0.3) is 0 Å². The molecular formula is C19H26F4N2O3. The van der Waals surface area contributed by atoms with Crippen LogP contribution in [0.1, 0.15) is 37.7 Å². The number of hydrogen-bond acceptors (Lipinski definition) is 4. The summed E-state index contributed by atoms with van der Waals surface area (Å²) in [4.78, 5) is 13.3. The van der Waals surface area contributed by atoms with Crippen molar-refractivity contribution in [2.75, 3.05) is 32.0 Å². The van der Waals surface area contributed by atoms with Crippen LogP contribution < -0.4 is 5.73 Å². The van der Waals surface area contributed by atoms with E-state index in [2.05, 4.69) is 4.90 Å². The molecule has 0 aromatic heterocycles. The van der Waals surface area contributed by atoms with E-state index in [0.29, 0.717) is 18.1 Å². The summed E-state index contributed by atoms with van der Waals surface area (Å²) in [6.07, 6.45) is 0.538. The standard InChI is InChI=1S/C12H21NO3.C7H5F4N/c14-12(15)11-3-1-2-6-13(11)9-10-4-7-16-8-5-10;8-6-3-4(12)1-2-5(6)7(9,10)11/h10-11H,1-9H2,(H,14,15);1-3H,12H2/t11-;/m0./s1. The van der Waals surface area contributed by atoms with Crippen LogP contribution in [-0.4, -0.2) is 48.3 Å². The van der Waals surface area contributed by atoms with Crippen LogP contribution >= 0.6 is 0 Å². The molecule has 158 valence electrons. The largest absolute Gasteiger partial charge is 0.480 e. The fourth-order valence-corrected chi connectivity index (χ4v) is 3.51. The van der Waals surface area contributed by atoms with E-state index in [1.54, 1.807) is 0 Å². The number of nitrogen functional groups attached to an aromatic ring is 1. The molecule has 3 rings (SSSR count). The van der Waals surface area contributed by atoms with Crippen molar-refractivity contribution in [3.63, 3.8) is 0 Å². The second kappa shape index (κ2) is 10.1. The lowest BCUT2D eigenvalue weighted by Crippen LogP contribution is -2.47. The first-order valence-electron chi connectivity index (χ1n) is 9.35. The number of ether oxygens (including phenoxy) is 1. The molecule has 2 aliphatic rings. The number of benzene rings is 1. The second-order valence-electron chi connectivity index (χ2n) is 7.14. The zero-order valence-electron chi connectivity index (χ0n) is 15.6. The maximum Gasteiger partial charge on any atom is 0.419 e. The van der Waals surface area contributed by atoms with Crippen molar-refractivity contribution in [1.82, 2.24) is 4.90 Å². The Kier molecular flexibility index (Phi) is 8.06. The molecule has 0 unspecified atom stereocenters. The number of nitrogens with zero attached hydrogens (tertiary/aromatic N) is 1. The van der Waals surface area contributed by atoms with E-state index < -0.39 is 23.5 Å². The minimum Gasteiger partial charge on any atom is -0.480 e. The number of hydrogen-bond donors (Lipinski definition) is 2. The van der Waals surface area contributed by atoms with Crippen molar-refractivity contribution < 1.29 is 32.2 Å². The number of aliphatic carboxylic acids is 1. The van der Waals surface area contributed by atoms with Gasteiger partial charge in [0.05, 0.1) is 5.56 Å².